The molecular weight excluding hydrogens is 254 g/mol. The minimum atomic E-state index is 0.171. The van der Waals surface area contributed by atoms with Crippen LogP contribution in [0.25, 0.3) is 0 Å². The average molecular weight is 270 g/mol. The molecule has 2 atom stereocenters. The third-order valence-electron chi connectivity index (χ3n) is 2.98. The van der Waals surface area contributed by atoms with Crippen LogP contribution < -0.4 is 5.73 Å². The molecule has 0 aromatic heterocycles. The molecule has 1 fully saturated rings. The molecule has 1 heterocycles. The van der Waals surface area contributed by atoms with Crippen molar-refractivity contribution in [3.63, 3.8) is 0 Å². The normalized spacial score (nSPS) is 25.8. The van der Waals surface area contributed by atoms with E-state index in [9.17, 15) is 0 Å². The summed E-state index contributed by atoms with van der Waals surface area (Å²) in [6.45, 7) is 3.61. The topological polar surface area (TPSA) is 35.2 Å². The van der Waals surface area contributed by atoms with E-state index in [1.807, 2.05) is 0 Å². The minimum Gasteiger partial charge on any atom is -0.373 e. The van der Waals surface area contributed by atoms with Gasteiger partial charge in [-0.3, -0.25) is 0 Å². The molecule has 3 heteroatoms. The molecule has 1 aliphatic heterocycles. The van der Waals surface area contributed by atoms with Gasteiger partial charge in [-0.2, -0.15) is 0 Å². The maximum absolute atomic E-state index is 5.75. The van der Waals surface area contributed by atoms with Crippen LogP contribution in [-0.2, 0) is 4.74 Å². The van der Waals surface area contributed by atoms with Crippen LogP contribution in [0.3, 0.4) is 0 Å². The fourth-order valence-electron chi connectivity index (χ4n) is 2.08. The van der Waals surface area contributed by atoms with E-state index >= 15 is 0 Å². The third-order valence-corrected chi connectivity index (χ3v) is 3.67. The van der Waals surface area contributed by atoms with Crippen molar-refractivity contribution >= 4 is 15.9 Å². The standard InChI is InChI=1S/C12H16BrNO/c1-8-2-3-10(11(13)6-8)12-9(7-14)4-5-15-12/h2-3,6,9,12H,4-5,7,14H2,1H3. The Morgan fingerprint density at radius 3 is 3.00 bits per heavy atom. The molecule has 1 aromatic carbocycles. The molecule has 1 aliphatic rings. The fraction of sp³-hybridized carbons (Fsp3) is 0.500. The highest BCUT2D eigenvalue weighted by Gasteiger charge is 2.29. The number of hydrogen-bond acceptors (Lipinski definition) is 2. The second-order valence-corrected chi connectivity index (χ2v) is 4.96. The molecule has 0 saturated carbocycles. The molecule has 82 valence electrons. The second-order valence-electron chi connectivity index (χ2n) is 4.10. The van der Waals surface area contributed by atoms with Crippen molar-refractivity contribution in [2.24, 2.45) is 11.7 Å². The summed E-state index contributed by atoms with van der Waals surface area (Å²) in [6.07, 6.45) is 1.24. The van der Waals surface area contributed by atoms with Crippen LogP contribution in [0, 0.1) is 12.8 Å². The zero-order chi connectivity index (χ0) is 10.8. The van der Waals surface area contributed by atoms with Gasteiger partial charge in [0.25, 0.3) is 0 Å². The first-order chi connectivity index (χ1) is 7.22. The van der Waals surface area contributed by atoms with E-state index in [-0.39, 0.29) is 6.10 Å². The first-order valence-electron chi connectivity index (χ1n) is 5.30. The van der Waals surface area contributed by atoms with Gasteiger partial charge in [0.05, 0.1) is 6.10 Å². The van der Waals surface area contributed by atoms with Crippen LogP contribution in [0.2, 0.25) is 0 Å². The number of halogens is 1. The molecule has 2 N–H and O–H groups in total. The van der Waals surface area contributed by atoms with Crippen LogP contribution >= 0.6 is 15.9 Å². The summed E-state index contributed by atoms with van der Waals surface area (Å²) < 4.78 is 6.89. The molecule has 15 heavy (non-hydrogen) atoms. The van der Waals surface area contributed by atoms with Crippen molar-refractivity contribution in [2.75, 3.05) is 13.2 Å². The Labute approximate surface area is 98.9 Å². The SMILES string of the molecule is Cc1ccc(C2OCCC2CN)c(Br)c1. The van der Waals surface area contributed by atoms with Gasteiger partial charge in [0.15, 0.2) is 0 Å². The molecule has 0 amide bonds. The maximum atomic E-state index is 5.75. The lowest BCUT2D eigenvalue weighted by atomic mass is 9.95. The molecule has 2 nitrogen and oxygen atoms in total. The van der Waals surface area contributed by atoms with Crippen LogP contribution in [0.4, 0.5) is 0 Å². The van der Waals surface area contributed by atoms with Crippen molar-refractivity contribution in [1.82, 2.24) is 0 Å². The monoisotopic (exact) mass is 269 g/mol. The van der Waals surface area contributed by atoms with Crippen LogP contribution in [0.5, 0.6) is 0 Å². The molecule has 1 aromatic rings. The summed E-state index contributed by atoms with van der Waals surface area (Å²) >= 11 is 3.59. The maximum Gasteiger partial charge on any atom is 0.0876 e. The molecule has 2 unspecified atom stereocenters. The van der Waals surface area contributed by atoms with Gasteiger partial charge in [0.1, 0.15) is 0 Å². The lowest BCUT2D eigenvalue weighted by Gasteiger charge is -2.18. The largest absolute Gasteiger partial charge is 0.373 e. The van der Waals surface area contributed by atoms with E-state index in [0.717, 1.165) is 17.5 Å². The van der Waals surface area contributed by atoms with Gasteiger partial charge in [-0.05, 0) is 37.1 Å². The van der Waals surface area contributed by atoms with E-state index in [4.69, 9.17) is 10.5 Å². The number of rotatable bonds is 2. The quantitative estimate of drug-likeness (QED) is 0.896. The lowest BCUT2D eigenvalue weighted by molar-refractivity contribution is 0.0919. The molecule has 0 spiro atoms. The van der Waals surface area contributed by atoms with Crippen molar-refractivity contribution in [2.45, 2.75) is 19.4 Å². The molecule has 2 rings (SSSR count). The number of hydrogen-bond donors (Lipinski definition) is 1. The predicted octanol–water partition coefficient (Wildman–Crippen LogP) is 2.79. The summed E-state index contributed by atoms with van der Waals surface area (Å²) in [5.74, 6) is 0.462. The van der Waals surface area contributed by atoms with Gasteiger partial charge in [-0.15, -0.1) is 0 Å². The Bertz CT molecular complexity index is 353. The first kappa shape index (κ1) is 11.1. The minimum absolute atomic E-state index is 0.171. The summed E-state index contributed by atoms with van der Waals surface area (Å²) in [6, 6.07) is 6.39. The van der Waals surface area contributed by atoms with Gasteiger partial charge in [0.2, 0.25) is 0 Å². The average Bonchev–Trinajstić information content (AvgIpc) is 2.65. The Morgan fingerprint density at radius 1 is 1.53 bits per heavy atom. The molecular formula is C12H16BrNO. The third kappa shape index (κ3) is 2.25. The number of benzene rings is 1. The second kappa shape index (κ2) is 4.64. The van der Waals surface area contributed by atoms with E-state index in [1.54, 1.807) is 0 Å². The van der Waals surface area contributed by atoms with Gasteiger partial charge in [0, 0.05) is 17.0 Å². The number of ether oxygens (including phenoxy) is 1. The Balaban J connectivity index is 2.28. The zero-order valence-electron chi connectivity index (χ0n) is 8.87. The summed E-state index contributed by atoms with van der Waals surface area (Å²) in [5.41, 5.74) is 8.23. The summed E-state index contributed by atoms with van der Waals surface area (Å²) in [7, 11) is 0. The lowest BCUT2D eigenvalue weighted by Crippen LogP contribution is -2.18. The van der Waals surface area contributed by atoms with Gasteiger partial charge >= 0.3 is 0 Å². The van der Waals surface area contributed by atoms with E-state index in [1.165, 1.54) is 11.1 Å². The molecule has 0 radical (unpaired) electrons. The van der Waals surface area contributed by atoms with Crippen LogP contribution in [0.15, 0.2) is 22.7 Å². The molecule has 1 saturated heterocycles. The van der Waals surface area contributed by atoms with Gasteiger partial charge in [-0.1, -0.05) is 28.1 Å². The molecule has 0 aliphatic carbocycles. The highest BCUT2D eigenvalue weighted by Crippen LogP contribution is 2.37. The number of aryl methyl sites for hydroxylation is 1. The van der Waals surface area contributed by atoms with Crippen molar-refractivity contribution in [3.8, 4) is 0 Å². The Kier molecular flexibility index (Phi) is 3.44. The van der Waals surface area contributed by atoms with E-state index in [0.29, 0.717) is 12.5 Å². The van der Waals surface area contributed by atoms with Crippen molar-refractivity contribution in [1.29, 1.82) is 0 Å². The first-order valence-corrected chi connectivity index (χ1v) is 6.09. The summed E-state index contributed by atoms with van der Waals surface area (Å²) in [5, 5.41) is 0. The summed E-state index contributed by atoms with van der Waals surface area (Å²) in [4.78, 5) is 0. The van der Waals surface area contributed by atoms with Crippen molar-refractivity contribution < 1.29 is 4.74 Å². The smallest absolute Gasteiger partial charge is 0.0876 e. The van der Waals surface area contributed by atoms with E-state index in [2.05, 4.69) is 41.1 Å². The van der Waals surface area contributed by atoms with Crippen LogP contribution in [-0.4, -0.2) is 13.2 Å². The highest BCUT2D eigenvalue weighted by molar-refractivity contribution is 9.10. The predicted molar refractivity (Wildman–Crippen MR) is 64.7 cm³/mol. The van der Waals surface area contributed by atoms with Gasteiger partial charge < -0.3 is 10.5 Å². The highest BCUT2D eigenvalue weighted by atomic mass is 79.9. The van der Waals surface area contributed by atoms with Crippen molar-refractivity contribution in [3.05, 3.63) is 33.8 Å². The Morgan fingerprint density at radius 2 is 2.33 bits per heavy atom. The Hall–Kier alpha value is -0.380. The zero-order valence-corrected chi connectivity index (χ0v) is 10.5. The van der Waals surface area contributed by atoms with Crippen LogP contribution in [0.1, 0.15) is 23.7 Å². The fourth-order valence-corrected chi connectivity index (χ4v) is 2.80. The molecule has 0 bridgehead atoms. The van der Waals surface area contributed by atoms with E-state index < -0.39 is 0 Å². The number of nitrogens with two attached hydrogens (primary N) is 1. The van der Waals surface area contributed by atoms with Gasteiger partial charge in [-0.25, -0.2) is 0 Å².